The Labute approximate surface area is 85.3 Å². The van der Waals surface area contributed by atoms with Crippen LogP contribution >= 0.6 is 11.6 Å². The van der Waals surface area contributed by atoms with Gasteiger partial charge in [-0.25, -0.2) is 0 Å². The van der Waals surface area contributed by atoms with E-state index in [0.29, 0.717) is 10.6 Å². The molecule has 1 aromatic heterocycles. The summed E-state index contributed by atoms with van der Waals surface area (Å²) in [6, 6.07) is 8.33. The Balaban J connectivity index is 2.42. The fraction of sp³-hybridized carbons (Fsp3) is 0. The predicted molar refractivity (Wildman–Crippen MR) is 51.4 cm³/mol. The lowest BCUT2D eigenvalue weighted by atomic mass is 10.1. The standard InChI is InChI=1S/C10H6ClNO2/c11-8-4-2-1-3-7(8)10(13)9-5-6-14-12-9/h1-6H. The minimum atomic E-state index is -0.232. The Kier molecular flexibility index (Phi) is 2.33. The summed E-state index contributed by atoms with van der Waals surface area (Å²) in [7, 11) is 0. The van der Waals surface area contributed by atoms with Crippen molar-refractivity contribution in [2.24, 2.45) is 0 Å². The van der Waals surface area contributed by atoms with Crippen molar-refractivity contribution in [1.29, 1.82) is 0 Å². The van der Waals surface area contributed by atoms with E-state index in [-0.39, 0.29) is 11.5 Å². The van der Waals surface area contributed by atoms with E-state index in [1.165, 1.54) is 12.3 Å². The first-order valence-electron chi connectivity index (χ1n) is 3.98. The summed E-state index contributed by atoms with van der Waals surface area (Å²) in [5.41, 5.74) is 0.696. The third-order valence-electron chi connectivity index (χ3n) is 1.79. The van der Waals surface area contributed by atoms with E-state index < -0.39 is 0 Å². The maximum atomic E-state index is 11.7. The highest BCUT2D eigenvalue weighted by Gasteiger charge is 2.14. The highest BCUT2D eigenvalue weighted by atomic mass is 35.5. The monoisotopic (exact) mass is 207 g/mol. The Hall–Kier alpha value is -1.61. The van der Waals surface area contributed by atoms with Gasteiger partial charge in [0.05, 0.1) is 5.02 Å². The molecular weight excluding hydrogens is 202 g/mol. The fourth-order valence-corrected chi connectivity index (χ4v) is 1.33. The van der Waals surface area contributed by atoms with Gasteiger partial charge in [0.25, 0.3) is 0 Å². The highest BCUT2D eigenvalue weighted by Crippen LogP contribution is 2.17. The maximum Gasteiger partial charge on any atom is 0.216 e. The third kappa shape index (κ3) is 1.54. The van der Waals surface area contributed by atoms with E-state index in [0.717, 1.165) is 0 Å². The quantitative estimate of drug-likeness (QED) is 0.711. The minimum absolute atomic E-state index is 0.232. The summed E-state index contributed by atoms with van der Waals surface area (Å²) in [4.78, 5) is 11.7. The third-order valence-corrected chi connectivity index (χ3v) is 2.12. The number of hydrogen-bond acceptors (Lipinski definition) is 3. The van der Waals surface area contributed by atoms with Crippen molar-refractivity contribution >= 4 is 17.4 Å². The summed E-state index contributed by atoms with van der Waals surface area (Å²) >= 11 is 5.86. The van der Waals surface area contributed by atoms with Crippen molar-refractivity contribution in [3.8, 4) is 0 Å². The highest BCUT2D eigenvalue weighted by molar-refractivity contribution is 6.34. The lowest BCUT2D eigenvalue weighted by molar-refractivity contribution is 0.103. The van der Waals surface area contributed by atoms with Crippen molar-refractivity contribution in [1.82, 2.24) is 5.16 Å². The molecule has 0 radical (unpaired) electrons. The SMILES string of the molecule is O=C(c1ccon1)c1ccccc1Cl. The molecular formula is C10H6ClNO2. The smallest absolute Gasteiger partial charge is 0.216 e. The summed E-state index contributed by atoms with van der Waals surface area (Å²) in [5, 5.41) is 3.97. The van der Waals surface area contributed by atoms with Gasteiger partial charge in [0.1, 0.15) is 6.26 Å². The van der Waals surface area contributed by atoms with Crippen LogP contribution in [0.2, 0.25) is 5.02 Å². The van der Waals surface area contributed by atoms with Gasteiger partial charge in [0.2, 0.25) is 5.78 Å². The average molecular weight is 208 g/mol. The molecule has 0 aliphatic carbocycles. The van der Waals surface area contributed by atoms with Crippen LogP contribution in [0.3, 0.4) is 0 Å². The molecule has 1 heterocycles. The lowest BCUT2D eigenvalue weighted by Crippen LogP contribution is -2.01. The minimum Gasteiger partial charge on any atom is -0.364 e. The number of hydrogen-bond donors (Lipinski definition) is 0. The molecule has 0 amide bonds. The van der Waals surface area contributed by atoms with Gasteiger partial charge in [0.15, 0.2) is 5.69 Å². The molecule has 3 nitrogen and oxygen atoms in total. The fourth-order valence-electron chi connectivity index (χ4n) is 1.11. The second-order valence-electron chi connectivity index (χ2n) is 2.69. The molecule has 0 aliphatic rings. The maximum absolute atomic E-state index is 11.7. The Morgan fingerprint density at radius 1 is 1.29 bits per heavy atom. The van der Waals surface area contributed by atoms with E-state index in [1.54, 1.807) is 24.3 Å². The van der Waals surface area contributed by atoms with E-state index in [1.807, 2.05) is 0 Å². The van der Waals surface area contributed by atoms with Crippen LogP contribution in [-0.4, -0.2) is 10.9 Å². The van der Waals surface area contributed by atoms with E-state index in [4.69, 9.17) is 11.6 Å². The van der Waals surface area contributed by atoms with Crippen molar-refractivity contribution < 1.29 is 9.32 Å². The van der Waals surface area contributed by atoms with E-state index in [2.05, 4.69) is 9.68 Å². The number of carbonyl (C=O) groups is 1. The zero-order chi connectivity index (χ0) is 9.97. The van der Waals surface area contributed by atoms with Crippen molar-refractivity contribution in [3.05, 3.63) is 52.9 Å². The van der Waals surface area contributed by atoms with Crippen molar-refractivity contribution in [2.45, 2.75) is 0 Å². The van der Waals surface area contributed by atoms with Crippen molar-refractivity contribution in [3.63, 3.8) is 0 Å². The molecule has 0 spiro atoms. The second kappa shape index (κ2) is 3.64. The lowest BCUT2D eigenvalue weighted by Gasteiger charge is -1.98. The molecule has 0 aliphatic heterocycles. The van der Waals surface area contributed by atoms with Crippen LogP contribution in [-0.2, 0) is 0 Å². The van der Waals surface area contributed by atoms with E-state index in [9.17, 15) is 4.79 Å². The van der Waals surface area contributed by atoms with Gasteiger partial charge in [-0.05, 0) is 12.1 Å². The first-order valence-corrected chi connectivity index (χ1v) is 4.36. The number of ketones is 1. The largest absolute Gasteiger partial charge is 0.364 e. The molecule has 0 atom stereocenters. The number of aromatic nitrogens is 1. The molecule has 4 heteroatoms. The summed E-state index contributed by atoms with van der Waals surface area (Å²) in [6.07, 6.45) is 1.35. The molecule has 2 aromatic rings. The zero-order valence-electron chi connectivity index (χ0n) is 7.11. The summed E-state index contributed by atoms with van der Waals surface area (Å²) in [5.74, 6) is -0.232. The van der Waals surface area contributed by atoms with Crippen LogP contribution in [0.1, 0.15) is 16.1 Å². The summed E-state index contributed by atoms with van der Waals surface area (Å²) < 4.78 is 4.58. The van der Waals surface area contributed by atoms with Crippen LogP contribution in [0.5, 0.6) is 0 Å². The number of halogens is 1. The van der Waals surface area contributed by atoms with Gasteiger partial charge in [-0.1, -0.05) is 28.9 Å². The Morgan fingerprint density at radius 3 is 2.71 bits per heavy atom. The molecule has 0 saturated heterocycles. The molecule has 1 aromatic carbocycles. The van der Waals surface area contributed by atoms with Gasteiger partial charge in [-0.2, -0.15) is 0 Å². The van der Waals surface area contributed by atoms with Gasteiger partial charge in [-0.15, -0.1) is 0 Å². The van der Waals surface area contributed by atoms with Crippen LogP contribution in [0, 0.1) is 0 Å². The molecule has 70 valence electrons. The molecule has 0 fully saturated rings. The first-order chi connectivity index (χ1) is 6.79. The number of carbonyl (C=O) groups excluding carboxylic acids is 1. The topological polar surface area (TPSA) is 43.1 Å². The summed E-state index contributed by atoms with van der Waals surface area (Å²) in [6.45, 7) is 0. The molecule has 0 unspecified atom stereocenters. The normalized spacial score (nSPS) is 10.1. The Bertz CT molecular complexity index is 451. The van der Waals surface area contributed by atoms with E-state index >= 15 is 0 Å². The predicted octanol–water partition coefficient (Wildman–Crippen LogP) is 2.56. The van der Waals surface area contributed by atoms with Crippen LogP contribution in [0.15, 0.2) is 41.1 Å². The zero-order valence-corrected chi connectivity index (χ0v) is 7.86. The van der Waals surface area contributed by atoms with Gasteiger partial charge in [0, 0.05) is 11.6 Å². The average Bonchev–Trinajstić information content (AvgIpc) is 2.70. The van der Waals surface area contributed by atoms with Gasteiger partial charge < -0.3 is 4.52 Å². The van der Waals surface area contributed by atoms with Crippen LogP contribution in [0.4, 0.5) is 0 Å². The van der Waals surface area contributed by atoms with Gasteiger partial charge in [-0.3, -0.25) is 4.79 Å². The molecule has 0 N–H and O–H groups in total. The number of rotatable bonds is 2. The number of nitrogens with zero attached hydrogens (tertiary/aromatic N) is 1. The Morgan fingerprint density at radius 2 is 2.07 bits per heavy atom. The van der Waals surface area contributed by atoms with Gasteiger partial charge >= 0.3 is 0 Å². The van der Waals surface area contributed by atoms with Crippen LogP contribution < -0.4 is 0 Å². The second-order valence-corrected chi connectivity index (χ2v) is 3.10. The first kappa shape index (κ1) is 8.97. The molecule has 14 heavy (non-hydrogen) atoms. The van der Waals surface area contributed by atoms with Crippen molar-refractivity contribution in [2.75, 3.05) is 0 Å². The van der Waals surface area contributed by atoms with Crippen LogP contribution in [0.25, 0.3) is 0 Å². The molecule has 0 bridgehead atoms. The molecule has 2 rings (SSSR count). The molecule has 0 saturated carbocycles. The number of benzene rings is 1.